The Hall–Kier alpha value is -2.65. The van der Waals surface area contributed by atoms with Crippen LogP contribution in [0.2, 0.25) is 0 Å². The smallest absolute Gasteiger partial charge is 0.258 e. The molecule has 0 aliphatic carbocycles. The zero-order chi connectivity index (χ0) is 22.1. The summed E-state index contributed by atoms with van der Waals surface area (Å²) >= 11 is 1.41. The van der Waals surface area contributed by atoms with Gasteiger partial charge in [0.15, 0.2) is 5.13 Å². The predicted molar refractivity (Wildman–Crippen MR) is 117 cm³/mol. The molecule has 0 atom stereocenters. The van der Waals surface area contributed by atoms with Crippen LogP contribution in [0.1, 0.15) is 34.3 Å². The number of nitrogens with one attached hydrogen (secondary N) is 1. The number of rotatable bonds is 11. The number of nitrogens with zero attached hydrogens (tertiary/aromatic N) is 2. The molecule has 0 radical (unpaired) electrons. The first-order valence-corrected chi connectivity index (χ1v) is 10.5. The van der Waals surface area contributed by atoms with E-state index in [-0.39, 0.29) is 18.4 Å². The third-order valence-electron chi connectivity index (χ3n) is 4.46. The molecule has 2 rings (SSSR count). The normalized spacial score (nSPS) is 10.6. The summed E-state index contributed by atoms with van der Waals surface area (Å²) in [5.74, 6) is 0.368. The van der Waals surface area contributed by atoms with Gasteiger partial charge in [0.25, 0.3) is 5.91 Å². The van der Waals surface area contributed by atoms with Crippen LogP contribution < -0.4 is 14.8 Å². The number of aryl methyl sites for hydroxylation is 2. The van der Waals surface area contributed by atoms with E-state index in [0.29, 0.717) is 48.4 Å². The van der Waals surface area contributed by atoms with Crippen molar-refractivity contribution in [1.29, 1.82) is 0 Å². The molecule has 2 amide bonds. The van der Waals surface area contributed by atoms with Crippen LogP contribution >= 0.6 is 11.3 Å². The summed E-state index contributed by atoms with van der Waals surface area (Å²) in [5, 5.41) is 3.31. The summed E-state index contributed by atoms with van der Waals surface area (Å²) < 4.78 is 15.9. The number of ether oxygens (including phenoxy) is 3. The van der Waals surface area contributed by atoms with Crippen LogP contribution in [0.25, 0.3) is 0 Å². The standard InChI is InChI=1S/C21H29N3O5S/c1-6-29-11-7-10-24(13-19(25)23-21-22-14(2)15(3)30-21)20(26)17-9-8-16(27-4)12-18(17)28-5/h8-9,12H,6-7,10-11,13H2,1-5H3,(H,22,23,25). The molecule has 0 fully saturated rings. The van der Waals surface area contributed by atoms with Gasteiger partial charge in [0.1, 0.15) is 18.0 Å². The Bertz CT molecular complexity index is 849. The summed E-state index contributed by atoms with van der Waals surface area (Å²) in [5.41, 5.74) is 1.24. The quantitative estimate of drug-likeness (QED) is 0.545. The van der Waals surface area contributed by atoms with E-state index in [4.69, 9.17) is 14.2 Å². The number of aromatic nitrogens is 1. The lowest BCUT2D eigenvalue weighted by Crippen LogP contribution is -2.39. The van der Waals surface area contributed by atoms with E-state index in [2.05, 4.69) is 10.3 Å². The first-order valence-electron chi connectivity index (χ1n) is 9.72. The van der Waals surface area contributed by atoms with Crippen molar-refractivity contribution < 1.29 is 23.8 Å². The predicted octanol–water partition coefficient (Wildman–Crippen LogP) is 3.28. The molecular formula is C21H29N3O5S. The Balaban J connectivity index is 2.16. The van der Waals surface area contributed by atoms with E-state index in [1.807, 2.05) is 20.8 Å². The molecule has 9 heteroatoms. The van der Waals surface area contributed by atoms with Crippen molar-refractivity contribution in [1.82, 2.24) is 9.88 Å². The molecule has 1 aromatic heterocycles. The van der Waals surface area contributed by atoms with Gasteiger partial charge in [-0.3, -0.25) is 9.59 Å². The van der Waals surface area contributed by atoms with Gasteiger partial charge < -0.3 is 24.4 Å². The van der Waals surface area contributed by atoms with Gasteiger partial charge in [-0.2, -0.15) is 0 Å². The van der Waals surface area contributed by atoms with Gasteiger partial charge in [0.05, 0.1) is 25.5 Å². The Morgan fingerprint density at radius 3 is 2.57 bits per heavy atom. The minimum absolute atomic E-state index is 0.0994. The molecule has 8 nitrogen and oxygen atoms in total. The van der Waals surface area contributed by atoms with E-state index < -0.39 is 0 Å². The average molecular weight is 436 g/mol. The second kappa shape index (κ2) is 11.5. The fourth-order valence-electron chi connectivity index (χ4n) is 2.76. The monoisotopic (exact) mass is 435 g/mol. The first kappa shape index (κ1) is 23.6. The maximum absolute atomic E-state index is 13.2. The molecule has 0 spiro atoms. The first-order chi connectivity index (χ1) is 14.4. The van der Waals surface area contributed by atoms with E-state index in [0.717, 1.165) is 10.6 Å². The molecule has 0 saturated carbocycles. The lowest BCUT2D eigenvalue weighted by Gasteiger charge is -2.23. The summed E-state index contributed by atoms with van der Waals surface area (Å²) in [7, 11) is 3.04. The highest BCUT2D eigenvalue weighted by Gasteiger charge is 2.23. The Morgan fingerprint density at radius 2 is 1.97 bits per heavy atom. The minimum Gasteiger partial charge on any atom is -0.497 e. The Kier molecular flexibility index (Phi) is 9.07. The van der Waals surface area contributed by atoms with Crippen LogP contribution in [0.3, 0.4) is 0 Å². The van der Waals surface area contributed by atoms with Crippen LogP contribution in [0.5, 0.6) is 11.5 Å². The van der Waals surface area contributed by atoms with E-state index in [9.17, 15) is 9.59 Å². The molecule has 164 valence electrons. The van der Waals surface area contributed by atoms with Crippen LogP contribution in [-0.2, 0) is 9.53 Å². The summed E-state index contributed by atoms with van der Waals surface area (Å²) in [6, 6.07) is 4.98. The Labute approximate surface area is 181 Å². The lowest BCUT2D eigenvalue weighted by atomic mass is 10.1. The van der Waals surface area contributed by atoms with Crippen LogP contribution in [-0.4, -0.2) is 62.2 Å². The van der Waals surface area contributed by atoms with Crippen LogP contribution in [0.4, 0.5) is 5.13 Å². The van der Waals surface area contributed by atoms with Crippen LogP contribution in [0, 0.1) is 13.8 Å². The van der Waals surface area contributed by atoms with E-state index in [1.54, 1.807) is 25.3 Å². The summed E-state index contributed by atoms with van der Waals surface area (Å²) in [6.45, 7) is 7.13. The van der Waals surface area contributed by atoms with Gasteiger partial charge in [-0.05, 0) is 39.3 Å². The second-order valence-electron chi connectivity index (χ2n) is 6.55. The SMILES string of the molecule is CCOCCCN(CC(=O)Nc1nc(C)c(C)s1)C(=O)c1ccc(OC)cc1OC. The number of carbonyl (C=O) groups is 2. The van der Waals surface area contributed by atoms with Crippen molar-refractivity contribution in [3.8, 4) is 11.5 Å². The maximum Gasteiger partial charge on any atom is 0.258 e. The number of benzene rings is 1. The van der Waals surface area contributed by atoms with Crippen molar-refractivity contribution in [2.45, 2.75) is 27.2 Å². The number of hydrogen-bond acceptors (Lipinski definition) is 7. The van der Waals surface area contributed by atoms with Gasteiger partial charge >= 0.3 is 0 Å². The molecule has 0 aliphatic rings. The van der Waals surface area contributed by atoms with Gasteiger partial charge in [-0.1, -0.05) is 0 Å². The molecule has 2 aromatic rings. The van der Waals surface area contributed by atoms with Crippen molar-refractivity contribution in [3.63, 3.8) is 0 Å². The minimum atomic E-state index is -0.305. The van der Waals surface area contributed by atoms with Crippen molar-refractivity contribution >= 4 is 28.3 Å². The maximum atomic E-state index is 13.2. The molecule has 1 aromatic carbocycles. The largest absolute Gasteiger partial charge is 0.497 e. The summed E-state index contributed by atoms with van der Waals surface area (Å²) in [6.07, 6.45) is 0.612. The van der Waals surface area contributed by atoms with E-state index >= 15 is 0 Å². The topological polar surface area (TPSA) is 90.0 Å². The highest BCUT2D eigenvalue weighted by molar-refractivity contribution is 7.15. The molecule has 0 unspecified atom stereocenters. The van der Waals surface area contributed by atoms with Crippen molar-refractivity contribution in [2.75, 3.05) is 45.8 Å². The molecule has 0 saturated heterocycles. The Morgan fingerprint density at radius 1 is 1.20 bits per heavy atom. The highest BCUT2D eigenvalue weighted by atomic mass is 32.1. The molecule has 1 heterocycles. The molecule has 0 bridgehead atoms. The third kappa shape index (κ3) is 6.43. The van der Waals surface area contributed by atoms with Crippen molar-refractivity contribution in [3.05, 3.63) is 34.3 Å². The van der Waals surface area contributed by atoms with Crippen LogP contribution in [0.15, 0.2) is 18.2 Å². The fourth-order valence-corrected chi connectivity index (χ4v) is 3.59. The zero-order valence-corrected chi connectivity index (χ0v) is 18.9. The second-order valence-corrected chi connectivity index (χ2v) is 7.76. The molecule has 1 N–H and O–H groups in total. The lowest BCUT2D eigenvalue weighted by molar-refractivity contribution is -0.116. The zero-order valence-electron chi connectivity index (χ0n) is 18.1. The number of methoxy groups -OCH3 is 2. The van der Waals surface area contributed by atoms with Gasteiger partial charge in [-0.15, -0.1) is 11.3 Å². The van der Waals surface area contributed by atoms with Gasteiger partial charge in [0, 0.05) is 30.7 Å². The number of amides is 2. The van der Waals surface area contributed by atoms with Crippen molar-refractivity contribution in [2.24, 2.45) is 0 Å². The fraction of sp³-hybridized carbons (Fsp3) is 0.476. The van der Waals surface area contributed by atoms with Gasteiger partial charge in [-0.25, -0.2) is 4.98 Å². The number of hydrogen-bond donors (Lipinski definition) is 1. The average Bonchev–Trinajstić information content (AvgIpc) is 3.05. The van der Waals surface area contributed by atoms with Gasteiger partial charge in [0.2, 0.25) is 5.91 Å². The number of thiazole rings is 1. The molecule has 0 aliphatic heterocycles. The summed E-state index contributed by atoms with van der Waals surface area (Å²) in [4.78, 5) is 32.7. The highest BCUT2D eigenvalue weighted by Crippen LogP contribution is 2.26. The van der Waals surface area contributed by atoms with E-state index in [1.165, 1.54) is 23.3 Å². The molecular weight excluding hydrogens is 406 g/mol. The molecule has 30 heavy (non-hydrogen) atoms. The third-order valence-corrected chi connectivity index (χ3v) is 5.44. The number of anilines is 1. The number of carbonyl (C=O) groups excluding carboxylic acids is 2.